The molecule has 1 rings (SSSR count). The largest absolute Gasteiger partial charge is 0.365 e. The van der Waals surface area contributed by atoms with Gasteiger partial charge in [0.2, 0.25) is 0 Å². The Morgan fingerprint density at radius 1 is 1.75 bits per heavy atom. The van der Waals surface area contributed by atoms with E-state index in [9.17, 15) is 0 Å². The first kappa shape index (κ1) is 5.76. The normalized spacial score (nSPS) is 33.2. The van der Waals surface area contributed by atoms with Crippen LogP contribution in [0, 0.1) is 0 Å². The lowest BCUT2D eigenvalue weighted by atomic mass is 10.2. The third-order valence-electron chi connectivity index (χ3n) is 1.33. The molecule has 0 aromatic rings. The van der Waals surface area contributed by atoms with Crippen molar-refractivity contribution in [2.45, 2.75) is 31.9 Å². The number of rotatable bonds is 3. The monoisotopic (exact) mass is 113 g/mol. The van der Waals surface area contributed by atoms with Crippen molar-refractivity contribution in [3.8, 4) is 0 Å². The fourth-order valence-electron chi connectivity index (χ4n) is 0.641. The summed E-state index contributed by atoms with van der Waals surface area (Å²) in [5.41, 5.74) is -0.698. The van der Waals surface area contributed by atoms with Gasteiger partial charge < -0.3 is 5.11 Å². The van der Waals surface area contributed by atoms with E-state index in [1.807, 2.05) is 0 Å². The summed E-state index contributed by atoms with van der Waals surface area (Å²) in [7, 11) is 0. The molecule has 0 saturated heterocycles. The third kappa shape index (κ3) is 1.30. The number of aliphatic imine (C=N–C) groups is 1. The Labute approximate surface area is 49.2 Å². The first-order valence-corrected chi connectivity index (χ1v) is 3.05. The fraction of sp³-hybridized carbons (Fsp3) is 0.833. The van der Waals surface area contributed by atoms with Crippen LogP contribution < -0.4 is 0 Å². The van der Waals surface area contributed by atoms with E-state index in [2.05, 4.69) is 11.9 Å². The quantitative estimate of drug-likeness (QED) is 0.580. The molecule has 0 aromatic heterocycles. The maximum atomic E-state index is 9.04. The van der Waals surface area contributed by atoms with Crippen molar-refractivity contribution in [2.24, 2.45) is 4.99 Å². The number of nitrogens with zero attached hydrogens (tertiary/aromatic N) is 1. The molecule has 1 aliphatic heterocycles. The Morgan fingerprint density at radius 2 is 2.38 bits per heavy atom. The van der Waals surface area contributed by atoms with Gasteiger partial charge in [0.15, 0.2) is 5.72 Å². The lowest BCUT2D eigenvalue weighted by molar-refractivity contribution is 0.152. The maximum absolute atomic E-state index is 9.04. The van der Waals surface area contributed by atoms with Crippen molar-refractivity contribution in [1.82, 2.24) is 0 Å². The molecule has 0 amide bonds. The van der Waals surface area contributed by atoms with Gasteiger partial charge >= 0.3 is 0 Å². The average Bonchev–Trinajstić information content (AvgIpc) is 2.45. The van der Waals surface area contributed by atoms with Gasteiger partial charge in [-0.15, -0.1) is 0 Å². The molecule has 2 nitrogen and oxygen atoms in total. The van der Waals surface area contributed by atoms with E-state index in [0.717, 1.165) is 19.3 Å². The third-order valence-corrected chi connectivity index (χ3v) is 1.33. The highest BCUT2D eigenvalue weighted by Crippen LogP contribution is 2.22. The van der Waals surface area contributed by atoms with Gasteiger partial charge in [0.1, 0.15) is 0 Å². The van der Waals surface area contributed by atoms with Crippen LogP contribution in [-0.4, -0.2) is 17.0 Å². The smallest absolute Gasteiger partial charge is 0.191 e. The molecule has 0 radical (unpaired) electrons. The van der Waals surface area contributed by atoms with Gasteiger partial charge in [-0.25, -0.2) is 0 Å². The summed E-state index contributed by atoms with van der Waals surface area (Å²) in [4.78, 5) is 3.70. The highest BCUT2D eigenvalue weighted by atomic mass is 16.3. The van der Waals surface area contributed by atoms with Gasteiger partial charge in [-0.1, -0.05) is 13.3 Å². The predicted molar refractivity (Wildman–Crippen MR) is 33.0 cm³/mol. The van der Waals surface area contributed by atoms with E-state index in [4.69, 9.17) is 5.11 Å². The number of unbranched alkanes of at least 4 members (excludes halogenated alkanes) is 1. The van der Waals surface area contributed by atoms with Crippen LogP contribution in [0.15, 0.2) is 4.99 Å². The molecule has 1 atom stereocenters. The first-order valence-electron chi connectivity index (χ1n) is 3.05. The molecule has 8 heavy (non-hydrogen) atoms. The van der Waals surface area contributed by atoms with Gasteiger partial charge in [-0.2, -0.15) is 0 Å². The molecule has 1 heterocycles. The van der Waals surface area contributed by atoms with E-state index in [-0.39, 0.29) is 0 Å². The second-order valence-corrected chi connectivity index (χ2v) is 2.24. The average molecular weight is 113 g/mol. The Kier molecular flexibility index (Phi) is 1.34. The first-order chi connectivity index (χ1) is 3.77. The van der Waals surface area contributed by atoms with Crippen LogP contribution in [0.1, 0.15) is 26.2 Å². The summed E-state index contributed by atoms with van der Waals surface area (Å²) in [6, 6.07) is 0. The molecular weight excluding hydrogens is 102 g/mol. The van der Waals surface area contributed by atoms with E-state index >= 15 is 0 Å². The highest BCUT2D eigenvalue weighted by molar-refractivity contribution is 5.81. The Balaban J connectivity index is 2.03. The van der Waals surface area contributed by atoms with Gasteiger partial charge in [0, 0.05) is 6.42 Å². The molecule has 1 aliphatic rings. The second-order valence-electron chi connectivity index (χ2n) is 2.24. The van der Waals surface area contributed by atoms with E-state index in [1.165, 1.54) is 0 Å². The molecule has 0 saturated carbocycles. The SMILES string of the molecule is CCCCC1(O)C=N1. The van der Waals surface area contributed by atoms with Crippen LogP contribution in [0.3, 0.4) is 0 Å². The Bertz CT molecular complexity index is 103. The van der Waals surface area contributed by atoms with Gasteiger partial charge in [0.25, 0.3) is 0 Å². The summed E-state index contributed by atoms with van der Waals surface area (Å²) < 4.78 is 0. The summed E-state index contributed by atoms with van der Waals surface area (Å²) in [5, 5.41) is 9.04. The lowest BCUT2D eigenvalue weighted by Crippen LogP contribution is -2.10. The van der Waals surface area contributed by atoms with Crippen LogP contribution in [0.25, 0.3) is 0 Å². The molecule has 0 bridgehead atoms. The standard InChI is InChI=1S/C6H11NO/c1-2-3-4-6(8)5-7-6/h5,8H,2-4H2,1H3. The van der Waals surface area contributed by atoms with Crippen molar-refractivity contribution in [3.63, 3.8) is 0 Å². The molecule has 0 fully saturated rings. The number of aliphatic hydroxyl groups is 1. The maximum Gasteiger partial charge on any atom is 0.191 e. The van der Waals surface area contributed by atoms with Gasteiger partial charge in [0.05, 0.1) is 6.21 Å². The van der Waals surface area contributed by atoms with Crippen molar-refractivity contribution in [2.75, 3.05) is 0 Å². The van der Waals surface area contributed by atoms with Crippen molar-refractivity contribution < 1.29 is 5.11 Å². The lowest BCUT2D eigenvalue weighted by Gasteiger charge is -2.01. The van der Waals surface area contributed by atoms with Crippen molar-refractivity contribution in [1.29, 1.82) is 0 Å². The minimum atomic E-state index is -0.698. The number of hydrogen-bond acceptors (Lipinski definition) is 2. The van der Waals surface area contributed by atoms with Crippen molar-refractivity contribution in [3.05, 3.63) is 0 Å². The van der Waals surface area contributed by atoms with Crippen LogP contribution in [-0.2, 0) is 0 Å². The van der Waals surface area contributed by atoms with Gasteiger partial charge in [-0.05, 0) is 6.42 Å². The number of hydrogen-bond donors (Lipinski definition) is 1. The molecule has 1 N–H and O–H groups in total. The highest BCUT2D eigenvalue weighted by Gasteiger charge is 2.31. The molecule has 2 heteroatoms. The molecule has 1 unspecified atom stereocenters. The van der Waals surface area contributed by atoms with Crippen LogP contribution in [0.5, 0.6) is 0 Å². The molecule has 0 spiro atoms. The van der Waals surface area contributed by atoms with E-state index in [1.54, 1.807) is 6.21 Å². The topological polar surface area (TPSA) is 32.6 Å². The minimum absolute atomic E-state index is 0.698. The second kappa shape index (κ2) is 1.86. The summed E-state index contributed by atoms with van der Waals surface area (Å²) in [5.74, 6) is 0. The summed E-state index contributed by atoms with van der Waals surface area (Å²) >= 11 is 0. The molecule has 46 valence electrons. The Hall–Kier alpha value is -0.370. The summed E-state index contributed by atoms with van der Waals surface area (Å²) in [6.07, 6.45) is 4.61. The van der Waals surface area contributed by atoms with Crippen molar-refractivity contribution >= 4 is 6.21 Å². The van der Waals surface area contributed by atoms with E-state index in [0.29, 0.717) is 0 Å². The van der Waals surface area contributed by atoms with Crippen LogP contribution >= 0.6 is 0 Å². The van der Waals surface area contributed by atoms with Crippen LogP contribution in [0.4, 0.5) is 0 Å². The Morgan fingerprint density at radius 3 is 2.75 bits per heavy atom. The zero-order valence-corrected chi connectivity index (χ0v) is 5.09. The van der Waals surface area contributed by atoms with E-state index < -0.39 is 5.72 Å². The fourth-order valence-corrected chi connectivity index (χ4v) is 0.641. The minimum Gasteiger partial charge on any atom is -0.365 e. The molecule has 0 aromatic carbocycles. The summed E-state index contributed by atoms with van der Waals surface area (Å²) in [6.45, 7) is 2.10. The zero-order chi connectivity index (χ0) is 6.04. The predicted octanol–water partition coefficient (Wildman–Crippen LogP) is 0.950. The molecular formula is C6H11NO. The van der Waals surface area contributed by atoms with Crippen LogP contribution in [0.2, 0.25) is 0 Å². The van der Waals surface area contributed by atoms with Gasteiger partial charge in [-0.3, -0.25) is 4.99 Å². The zero-order valence-electron chi connectivity index (χ0n) is 5.09. The molecule has 0 aliphatic carbocycles.